The highest BCUT2D eigenvalue weighted by molar-refractivity contribution is 5.94. The number of carbonyl (C=O) groups is 1. The van der Waals surface area contributed by atoms with Crippen molar-refractivity contribution in [3.63, 3.8) is 0 Å². The normalized spacial score (nSPS) is 14.1. The van der Waals surface area contributed by atoms with Gasteiger partial charge in [0.25, 0.3) is 0 Å². The number of nitrogens with zero attached hydrogens (tertiary/aromatic N) is 1. The highest BCUT2D eigenvalue weighted by atomic mass is 16.5. The summed E-state index contributed by atoms with van der Waals surface area (Å²) in [5, 5.41) is 10.5. The SMILES string of the molecule is N#CC1=C(N)Oc2cc(OC(=O)c3cc4ccccc4oc3=O)ccc2C1c1ccc(OCc2ccccc2)cc1. The fourth-order valence-electron chi connectivity index (χ4n) is 4.71. The third kappa shape index (κ3) is 5.12. The van der Waals surface area contributed by atoms with Crippen molar-refractivity contribution in [2.75, 3.05) is 0 Å². The van der Waals surface area contributed by atoms with Crippen LogP contribution in [-0.4, -0.2) is 5.97 Å². The number of esters is 1. The zero-order valence-corrected chi connectivity index (χ0v) is 21.6. The van der Waals surface area contributed by atoms with Gasteiger partial charge in [-0.1, -0.05) is 66.7 Å². The molecule has 41 heavy (non-hydrogen) atoms. The van der Waals surface area contributed by atoms with Gasteiger partial charge in [0, 0.05) is 17.0 Å². The molecule has 1 aliphatic heterocycles. The lowest BCUT2D eigenvalue weighted by atomic mass is 9.83. The summed E-state index contributed by atoms with van der Waals surface area (Å²) < 4.78 is 22.4. The largest absolute Gasteiger partial charge is 0.489 e. The summed E-state index contributed by atoms with van der Waals surface area (Å²) in [6.07, 6.45) is 0. The Morgan fingerprint density at radius 1 is 0.902 bits per heavy atom. The first-order chi connectivity index (χ1) is 20.0. The molecule has 0 saturated heterocycles. The first kappa shape index (κ1) is 25.5. The Hall–Kier alpha value is -5.81. The van der Waals surface area contributed by atoms with Crippen molar-refractivity contribution in [1.82, 2.24) is 0 Å². The zero-order chi connectivity index (χ0) is 28.3. The maximum atomic E-state index is 12.9. The van der Waals surface area contributed by atoms with Crippen LogP contribution >= 0.6 is 0 Å². The second-order valence-electron chi connectivity index (χ2n) is 9.34. The number of allylic oxidation sites excluding steroid dienone is 1. The number of nitrogens with two attached hydrogens (primary N) is 1. The van der Waals surface area contributed by atoms with Crippen molar-refractivity contribution >= 4 is 16.9 Å². The van der Waals surface area contributed by atoms with E-state index in [1.54, 1.807) is 36.4 Å². The molecule has 1 aromatic heterocycles. The van der Waals surface area contributed by atoms with Crippen LogP contribution in [0.2, 0.25) is 0 Å². The van der Waals surface area contributed by atoms with Crippen LogP contribution in [0.4, 0.5) is 0 Å². The van der Waals surface area contributed by atoms with Crippen LogP contribution < -0.4 is 25.6 Å². The van der Waals surface area contributed by atoms with Crippen molar-refractivity contribution in [3.8, 4) is 23.3 Å². The predicted octanol–water partition coefficient (Wildman–Crippen LogP) is 5.81. The average Bonchev–Trinajstić information content (AvgIpc) is 2.99. The number of para-hydroxylation sites is 1. The van der Waals surface area contributed by atoms with E-state index < -0.39 is 17.5 Å². The van der Waals surface area contributed by atoms with Crippen LogP contribution in [0.5, 0.6) is 17.2 Å². The number of benzene rings is 4. The summed E-state index contributed by atoms with van der Waals surface area (Å²) >= 11 is 0. The van der Waals surface area contributed by atoms with Gasteiger partial charge in [-0.05, 0) is 41.5 Å². The van der Waals surface area contributed by atoms with Gasteiger partial charge in [0.05, 0.1) is 5.92 Å². The van der Waals surface area contributed by atoms with Crippen LogP contribution in [0.3, 0.4) is 0 Å². The van der Waals surface area contributed by atoms with Gasteiger partial charge in [-0.3, -0.25) is 0 Å². The number of nitriles is 1. The predicted molar refractivity (Wildman–Crippen MR) is 150 cm³/mol. The standard InChI is InChI=1S/C33H22N2O6/c34-18-27-30(21-10-12-23(13-11-21)38-19-20-6-2-1-3-7-20)25-15-14-24(17-29(25)40-31(27)35)39-32(36)26-16-22-8-4-5-9-28(22)41-33(26)37/h1-17,30H,19,35H2. The lowest BCUT2D eigenvalue weighted by Gasteiger charge is -2.26. The van der Waals surface area contributed by atoms with Crippen LogP contribution in [0.15, 0.2) is 124 Å². The Labute approximate surface area is 234 Å². The molecule has 1 aliphatic rings. The van der Waals surface area contributed by atoms with Gasteiger partial charge in [0.15, 0.2) is 0 Å². The van der Waals surface area contributed by atoms with E-state index in [-0.39, 0.29) is 22.8 Å². The summed E-state index contributed by atoms with van der Waals surface area (Å²) in [7, 11) is 0. The van der Waals surface area contributed by atoms with Gasteiger partial charge < -0.3 is 24.4 Å². The van der Waals surface area contributed by atoms with Crippen LogP contribution in [0.25, 0.3) is 11.0 Å². The van der Waals surface area contributed by atoms with Crippen molar-refractivity contribution in [2.24, 2.45) is 5.73 Å². The van der Waals surface area contributed by atoms with Crippen LogP contribution in [0.1, 0.15) is 33.0 Å². The minimum absolute atomic E-state index is 0.0481. The first-order valence-electron chi connectivity index (χ1n) is 12.7. The minimum atomic E-state index is -0.871. The highest BCUT2D eigenvalue weighted by Crippen LogP contribution is 2.43. The van der Waals surface area contributed by atoms with Gasteiger partial charge in [-0.25, -0.2) is 9.59 Å². The quantitative estimate of drug-likeness (QED) is 0.162. The molecule has 5 aromatic rings. The first-order valence-corrected chi connectivity index (χ1v) is 12.7. The van der Waals surface area contributed by atoms with Gasteiger partial charge >= 0.3 is 11.6 Å². The third-order valence-corrected chi connectivity index (χ3v) is 6.72. The maximum Gasteiger partial charge on any atom is 0.351 e. The molecule has 1 unspecified atom stereocenters. The molecule has 0 spiro atoms. The molecule has 0 saturated carbocycles. The van der Waals surface area contributed by atoms with E-state index in [1.165, 1.54) is 12.1 Å². The molecule has 1 atom stereocenters. The molecular formula is C33H22N2O6. The van der Waals surface area contributed by atoms with Gasteiger partial charge in [-0.15, -0.1) is 0 Å². The Balaban J connectivity index is 1.25. The summed E-state index contributed by atoms with van der Waals surface area (Å²) in [6, 6.07) is 32.5. The topological polar surface area (TPSA) is 125 Å². The number of carbonyl (C=O) groups excluding carboxylic acids is 1. The molecule has 0 aliphatic carbocycles. The Morgan fingerprint density at radius 3 is 2.41 bits per heavy atom. The van der Waals surface area contributed by atoms with Gasteiger partial charge in [0.2, 0.25) is 5.88 Å². The molecule has 8 heteroatoms. The molecule has 6 rings (SSSR count). The molecule has 4 aromatic carbocycles. The molecule has 8 nitrogen and oxygen atoms in total. The van der Waals surface area contributed by atoms with E-state index in [2.05, 4.69) is 6.07 Å². The number of ether oxygens (including phenoxy) is 3. The van der Waals surface area contributed by atoms with Crippen molar-refractivity contribution in [1.29, 1.82) is 5.26 Å². The maximum absolute atomic E-state index is 12.9. The van der Waals surface area contributed by atoms with E-state index in [4.69, 9.17) is 24.4 Å². The van der Waals surface area contributed by atoms with Gasteiger partial charge in [-0.2, -0.15) is 5.26 Å². The van der Waals surface area contributed by atoms with Crippen LogP contribution in [0, 0.1) is 11.3 Å². The van der Waals surface area contributed by atoms with Crippen molar-refractivity contribution in [3.05, 3.63) is 147 Å². The highest BCUT2D eigenvalue weighted by Gasteiger charge is 2.31. The van der Waals surface area contributed by atoms with Crippen molar-refractivity contribution in [2.45, 2.75) is 12.5 Å². The smallest absolute Gasteiger partial charge is 0.351 e. The fraction of sp³-hybridized carbons (Fsp3) is 0.0606. The second-order valence-corrected chi connectivity index (χ2v) is 9.34. The third-order valence-electron chi connectivity index (χ3n) is 6.72. The lowest BCUT2D eigenvalue weighted by Crippen LogP contribution is -2.21. The molecule has 200 valence electrons. The zero-order valence-electron chi connectivity index (χ0n) is 21.6. The lowest BCUT2D eigenvalue weighted by molar-refractivity contribution is 0.0730. The number of hydrogen-bond donors (Lipinski definition) is 1. The summed E-state index contributed by atoms with van der Waals surface area (Å²) in [4.78, 5) is 25.3. The number of hydrogen-bond acceptors (Lipinski definition) is 8. The molecule has 0 amide bonds. The van der Waals surface area contributed by atoms with E-state index >= 15 is 0 Å². The number of fused-ring (bicyclic) bond motifs is 2. The van der Waals surface area contributed by atoms with Gasteiger partial charge in [0.1, 0.15) is 46.6 Å². The summed E-state index contributed by atoms with van der Waals surface area (Å²) in [5.41, 5.74) is 8.25. The van der Waals surface area contributed by atoms with Crippen molar-refractivity contribution < 1.29 is 23.4 Å². The van der Waals surface area contributed by atoms with E-state index in [1.807, 2.05) is 54.6 Å². The van der Waals surface area contributed by atoms with E-state index in [0.717, 1.165) is 11.1 Å². The summed E-state index contributed by atoms with van der Waals surface area (Å²) in [5.74, 6) is -0.285. The Bertz CT molecular complexity index is 1900. The fourth-order valence-corrected chi connectivity index (χ4v) is 4.71. The van der Waals surface area contributed by atoms with E-state index in [9.17, 15) is 14.9 Å². The van der Waals surface area contributed by atoms with Crippen LogP contribution in [-0.2, 0) is 6.61 Å². The average molecular weight is 543 g/mol. The Morgan fingerprint density at radius 2 is 1.63 bits per heavy atom. The molecule has 2 heterocycles. The number of rotatable bonds is 6. The molecule has 0 bridgehead atoms. The Kier molecular flexibility index (Phi) is 6.68. The molecular weight excluding hydrogens is 520 g/mol. The molecule has 0 fully saturated rings. The van der Waals surface area contributed by atoms with E-state index in [0.29, 0.717) is 34.6 Å². The molecule has 2 N–H and O–H groups in total. The second kappa shape index (κ2) is 10.8. The molecule has 0 radical (unpaired) electrons. The monoisotopic (exact) mass is 542 g/mol. The summed E-state index contributed by atoms with van der Waals surface area (Å²) in [6.45, 7) is 0.430. The minimum Gasteiger partial charge on any atom is -0.489 e.